The van der Waals surface area contributed by atoms with Crippen LogP contribution in [0.25, 0.3) is 0 Å². The van der Waals surface area contributed by atoms with Crippen molar-refractivity contribution in [2.75, 3.05) is 26.3 Å². The summed E-state index contributed by atoms with van der Waals surface area (Å²) in [5.41, 5.74) is 3.97. The van der Waals surface area contributed by atoms with Crippen LogP contribution in [-0.2, 0) is 4.79 Å². The Hall–Kier alpha value is -2.57. The number of carbonyl (C=O) groups is 2. The molecule has 0 bridgehead atoms. The minimum absolute atomic E-state index is 0.0109. The van der Waals surface area contributed by atoms with Crippen LogP contribution >= 0.6 is 0 Å². The van der Waals surface area contributed by atoms with Crippen molar-refractivity contribution in [3.05, 3.63) is 23.8 Å². The smallest absolute Gasteiger partial charge is 0.271 e. The van der Waals surface area contributed by atoms with Gasteiger partial charge in [0.25, 0.3) is 5.91 Å². The molecule has 0 spiro atoms. The van der Waals surface area contributed by atoms with Gasteiger partial charge in [-0.25, -0.2) is 5.43 Å². The fraction of sp³-hybridized carbons (Fsp3) is 0.550. The highest BCUT2D eigenvalue weighted by Crippen LogP contribution is 2.30. The molecule has 27 heavy (non-hydrogen) atoms. The number of nitrogens with zero attached hydrogens (tertiary/aromatic N) is 2. The Morgan fingerprint density at radius 3 is 2.44 bits per heavy atom. The molecule has 1 N–H and O–H groups in total. The van der Waals surface area contributed by atoms with Crippen molar-refractivity contribution in [1.29, 1.82) is 0 Å². The van der Waals surface area contributed by atoms with E-state index in [0.717, 1.165) is 5.71 Å². The monoisotopic (exact) mass is 373 g/mol. The summed E-state index contributed by atoms with van der Waals surface area (Å²) in [6.07, 6.45) is 1.90. The number of likely N-dealkylation sites (tertiary alicyclic amines) is 1. The van der Waals surface area contributed by atoms with Crippen molar-refractivity contribution in [3.63, 3.8) is 0 Å². The molecular formula is C20H27N3O4. The van der Waals surface area contributed by atoms with Crippen LogP contribution in [0, 0.1) is 5.41 Å². The number of benzene rings is 1. The lowest BCUT2D eigenvalue weighted by atomic mass is 9.91. The van der Waals surface area contributed by atoms with Gasteiger partial charge in [-0.2, -0.15) is 5.10 Å². The highest BCUT2D eigenvalue weighted by atomic mass is 16.6. The molecule has 2 amide bonds. The summed E-state index contributed by atoms with van der Waals surface area (Å²) in [5.74, 6) is 1.12. The number of nitrogens with one attached hydrogen (secondary N) is 1. The number of rotatable bonds is 3. The average Bonchev–Trinajstić information content (AvgIpc) is 2.64. The number of ether oxygens (including phenoxy) is 2. The number of hydrogen-bond acceptors (Lipinski definition) is 5. The zero-order valence-corrected chi connectivity index (χ0v) is 16.2. The number of piperidine rings is 1. The maximum atomic E-state index is 12.3. The van der Waals surface area contributed by atoms with Crippen LogP contribution in [0.2, 0.25) is 0 Å². The van der Waals surface area contributed by atoms with E-state index in [1.165, 1.54) is 0 Å². The molecule has 7 heteroatoms. The van der Waals surface area contributed by atoms with Gasteiger partial charge in [0.2, 0.25) is 5.91 Å². The largest absolute Gasteiger partial charge is 0.486 e. The van der Waals surface area contributed by atoms with Crippen LogP contribution in [0.15, 0.2) is 23.3 Å². The molecular weight excluding hydrogens is 346 g/mol. The Kier molecular flexibility index (Phi) is 5.68. The van der Waals surface area contributed by atoms with Gasteiger partial charge in [0, 0.05) is 43.6 Å². The molecule has 2 heterocycles. The zero-order valence-electron chi connectivity index (χ0n) is 16.2. The van der Waals surface area contributed by atoms with Crippen molar-refractivity contribution in [2.24, 2.45) is 10.5 Å². The molecule has 1 saturated heterocycles. The van der Waals surface area contributed by atoms with Gasteiger partial charge in [-0.15, -0.1) is 0 Å². The Labute approximate surface area is 159 Å². The van der Waals surface area contributed by atoms with Gasteiger partial charge in [-0.3, -0.25) is 9.59 Å². The predicted molar refractivity (Wildman–Crippen MR) is 102 cm³/mol. The molecule has 0 aliphatic carbocycles. The molecule has 146 valence electrons. The Bertz CT molecular complexity index is 742. The molecule has 0 atom stereocenters. The van der Waals surface area contributed by atoms with Crippen LogP contribution in [0.4, 0.5) is 0 Å². The maximum Gasteiger partial charge on any atom is 0.271 e. The van der Waals surface area contributed by atoms with Gasteiger partial charge >= 0.3 is 0 Å². The topological polar surface area (TPSA) is 80.2 Å². The summed E-state index contributed by atoms with van der Waals surface area (Å²) < 4.78 is 11.0. The summed E-state index contributed by atoms with van der Waals surface area (Å²) in [6.45, 7) is 8.48. The van der Waals surface area contributed by atoms with E-state index < -0.39 is 0 Å². The first kappa shape index (κ1) is 19.2. The van der Waals surface area contributed by atoms with Gasteiger partial charge < -0.3 is 14.4 Å². The van der Waals surface area contributed by atoms with Crippen molar-refractivity contribution in [1.82, 2.24) is 10.3 Å². The molecule has 2 aliphatic heterocycles. The highest BCUT2D eigenvalue weighted by Gasteiger charge is 2.24. The predicted octanol–water partition coefficient (Wildman–Crippen LogP) is 2.60. The quantitative estimate of drug-likeness (QED) is 0.826. The second-order valence-electron chi connectivity index (χ2n) is 8.10. The fourth-order valence-corrected chi connectivity index (χ4v) is 3.07. The lowest BCUT2D eigenvalue weighted by Gasteiger charge is -2.30. The molecule has 1 fully saturated rings. The first-order valence-corrected chi connectivity index (χ1v) is 9.35. The molecule has 0 unspecified atom stereocenters. The Balaban J connectivity index is 1.52. The van der Waals surface area contributed by atoms with E-state index in [1.807, 2.05) is 4.90 Å². The van der Waals surface area contributed by atoms with E-state index in [4.69, 9.17) is 9.47 Å². The summed E-state index contributed by atoms with van der Waals surface area (Å²) in [7, 11) is 0. The Morgan fingerprint density at radius 2 is 1.78 bits per heavy atom. The summed E-state index contributed by atoms with van der Waals surface area (Å²) in [6, 6.07) is 5.09. The number of hydrogen-bond donors (Lipinski definition) is 1. The van der Waals surface area contributed by atoms with E-state index in [9.17, 15) is 9.59 Å². The normalized spacial score (nSPS) is 16.7. The van der Waals surface area contributed by atoms with Gasteiger partial charge in [0.15, 0.2) is 11.5 Å². The third-order valence-electron chi connectivity index (χ3n) is 4.49. The van der Waals surface area contributed by atoms with Crippen LogP contribution in [-0.4, -0.2) is 48.7 Å². The van der Waals surface area contributed by atoms with Crippen molar-refractivity contribution >= 4 is 17.5 Å². The van der Waals surface area contributed by atoms with Crippen LogP contribution in [0.3, 0.4) is 0 Å². The van der Waals surface area contributed by atoms with E-state index in [0.29, 0.717) is 62.6 Å². The van der Waals surface area contributed by atoms with Crippen LogP contribution in [0.1, 0.15) is 50.4 Å². The summed E-state index contributed by atoms with van der Waals surface area (Å²) in [4.78, 5) is 26.5. The third kappa shape index (κ3) is 5.21. The number of hydrazone groups is 1. The average molecular weight is 373 g/mol. The lowest BCUT2D eigenvalue weighted by molar-refractivity contribution is -0.133. The molecule has 0 saturated carbocycles. The van der Waals surface area contributed by atoms with Gasteiger partial charge in [0.1, 0.15) is 13.2 Å². The standard InChI is InChI=1S/C20H27N3O4/c1-20(2,3)13-18(24)23-8-6-15(7-9-23)21-22-19(25)14-4-5-16-17(12-14)27-11-10-26-16/h4-5,12H,6-11,13H2,1-3H3,(H,22,25). The third-order valence-corrected chi connectivity index (χ3v) is 4.49. The minimum atomic E-state index is -0.286. The zero-order chi connectivity index (χ0) is 19.4. The van der Waals surface area contributed by atoms with E-state index in [-0.39, 0.29) is 17.2 Å². The van der Waals surface area contributed by atoms with Gasteiger partial charge in [-0.1, -0.05) is 20.8 Å². The molecule has 3 rings (SSSR count). The fourth-order valence-electron chi connectivity index (χ4n) is 3.07. The van der Waals surface area contributed by atoms with Crippen molar-refractivity contribution in [3.8, 4) is 11.5 Å². The molecule has 2 aliphatic rings. The van der Waals surface area contributed by atoms with Crippen LogP contribution in [0.5, 0.6) is 11.5 Å². The minimum Gasteiger partial charge on any atom is -0.486 e. The SMILES string of the molecule is CC(C)(C)CC(=O)N1CCC(=NNC(=O)c2ccc3c(c2)OCCO3)CC1. The van der Waals surface area contributed by atoms with Gasteiger partial charge in [0.05, 0.1) is 0 Å². The molecule has 7 nitrogen and oxygen atoms in total. The number of carbonyl (C=O) groups excluding carboxylic acids is 2. The Morgan fingerprint density at radius 1 is 1.11 bits per heavy atom. The van der Waals surface area contributed by atoms with Crippen LogP contribution < -0.4 is 14.9 Å². The molecule has 0 radical (unpaired) electrons. The van der Waals surface area contributed by atoms with Crippen molar-refractivity contribution < 1.29 is 19.1 Å². The molecule has 1 aromatic carbocycles. The summed E-state index contributed by atoms with van der Waals surface area (Å²) >= 11 is 0. The summed E-state index contributed by atoms with van der Waals surface area (Å²) in [5, 5.41) is 4.25. The number of amides is 2. The maximum absolute atomic E-state index is 12.3. The van der Waals surface area contributed by atoms with E-state index >= 15 is 0 Å². The number of fused-ring (bicyclic) bond motifs is 1. The first-order chi connectivity index (χ1) is 12.8. The van der Waals surface area contributed by atoms with E-state index in [1.54, 1.807) is 18.2 Å². The first-order valence-electron chi connectivity index (χ1n) is 9.35. The lowest BCUT2D eigenvalue weighted by Crippen LogP contribution is -2.40. The van der Waals surface area contributed by atoms with E-state index in [2.05, 4.69) is 31.3 Å². The second-order valence-corrected chi connectivity index (χ2v) is 8.10. The molecule has 0 aromatic heterocycles. The second kappa shape index (κ2) is 7.98. The molecule has 1 aromatic rings. The highest BCUT2D eigenvalue weighted by molar-refractivity contribution is 5.96. The van der Waals surface area contributed by atoms with Gasteiger partial charge in [-0.05, 0) is 23.6 Å². The van der Waals surface area contributed by atoms with Crippen molar-refractivity contribution in [2.45, 2.75) is 40.0 Å².